The van der Waals surface area contributed by atoms with E-state index in [2.05, 4.69) is 23.6 Å². The molecule has 0 saturated heterocycles. The Kier molecular flexibility index (Phi) is 4.86. The van der Waals surface area contributed by atoms with E-state index in [1.54, 1.807) is 11.9 Å². The minimum atomic E-state index is 0.761. The Bertz CT molecular complexity index is 224. The third kappa shape index (κ3) is 4.90. The quantitative estimate of drug-likeness (QED) is 0.579. The zero-order chi connectivity index (χ0) is 9.52. The van der Waals surface area contributed by atoms with Gasteiger partial charge in [-0.05, 0) is 36.4 Å². The molecule has 0 saturated carbocycles. The maximum Gasteiger partial charge on any atom is 0.111 e. The predicted octanol–water partition coefficient (Wildman–Crippen LogP) is 2.72. The molecule has 0 aliphatic carbocycles. The lowest BCUT2D eigenvalue weighted by atomic mass is 10.1. The van der Waals surface area contributed by atoms with Gasteiger partial charge < -0.3 is 0 Å². The Hall–Kier alpha value is -0.540. The molecule has 0 spiro atoms. The van der Waals surface area contributed by atoms with Crippen molar-refractivity contribution in [3.8, 4) is 0 Å². The van der Waals surface area contributed by atoms with Crippen LogP contribution in [0.15, 0.2) is 29.4 Å². The van der Waals surface area contributed by atoms with Crippen LogP contribution in [-0.2, 0) is 0 Å². The summed E-state index contributed by atoms with van der Waals surface area (Å²) < 4.78 is 3.29. The molecule has 1 aromatic heterocycles. The molecule has 2 nitrogen and oxygen atoms in total. The number of hydrogen-bond acceptors (Lipinski definition) is 3. The first-order valence-electron chi connectivity index (χ1n) is 4.60. The van der Waals surface area contributed by atoms with Gasteiger partial charge in [0.25, 0.3) is 0 Å². The molecule has 0 unspecified atom stereocenters. The molecule has 1 N–H and O–H groups in total. The van der Waals surface area contributed by atoms with E-state index < -0.39 is 0 Å². The molecule has 0 aromatic carbocycles. The summed E-state index contributed by atoms with van der Waals surface area (Å²) in [6, 6.07) is 5.94. The lowest BCUT2D eigenvalue weighted by Crippen LogP contribution is -2.08. The Morgan fingerprint density at radius 3 is 2.92 bits per heavy atom. The first kappa shape index (κ1) is 10.5. The summed E-state index contributed by atoms with van der Waals surface area (Å²) in [7, 11) is 0. The van der Waals surface area contributed by atoms with Gasteiger partial charge in [-0.2, -0.15) is 0 Å². The van der Waals surface area contributed by atoms with Crippen molar-refractivity contribution in [2.75, 3.05) is 6.54 Å². The summed E-state index contributed by atoms with van der Waals surface area (Å²) in [4.78, 5) is 4.20. The highest BCUT2D eigenvalue weighted by atomic mass is 32.2. The SMILES string of the molecule is CC(C)CCNSc1ccccn1. The molecule has 13 heavy (non-hydrogen) atoms. The van der Waals surface area contributed by atoms with Crippen molar-refractivity contribution in [1.82, 2.24) is 9.71 Å². The Morgan fingerprint density at radius 2 is 2.31 bits per heavy atom. The highest BCUT2D eigenvalue weighted by molar-refractivity contribution is 7.97. The number of pyridine rings is 1. The van der Waals surface area contributed by atoms with E-state index >= 15 is 0 Å². The fraction of sp³-hybridized carbons (Fsp3) is 0.500. The van der Waals surface area contributed by atoms with Gasteiger partial charge in [0, 0.05) is 12.7 Å². The van der Waals surface area contributed by atoms with Gasteiger partial charge in [-0.15, -0.1) is 0 Å². The summed E-state index contributed by atoms with van der Waals surface area (Å²) in [5.41, 5.74) is 0. The van der Waals surface area contributed by atoms with Gasteiger partial charge in [0.1, 0.15) is 5.03 Å². The van der Waals surface area contributed by atoms with Gasteiger partial charge in [0.2, 0.25) is 0 Å². The van der Waals surface area contributed by atoms with Crippen LogP contribution < -0.4 is 4.72 Å². The molecule has 1 aromatic rings. The van der Waals surface area contributed by atoms with E-state index in [0.29, 0.717) is 0 Å². The lowest BCUT2D eigenvalue weighted by molar-refractivity contribution is 0.585. The summed E-state index contributed by atoms with van der Waals surface area (Å²) in [6.07, 6.45) is 3.02. The molecular formula is C10H16N2S. The molecule has 0 amide bonds. The van der Waals surface area contributed by atoms with Gasteiger partial charge in [-0.1, -0.05) is 19.9 Å². The Morgan fingerprint density at radius 1 is 1.46 bits per heavy atom. The minimum Gasteiger partial charge on any atom is -0.259 e. The van der Waals surface area contributed by atoms with Crippen molar-refractivity contribution in [3.63, 3.8) is 0 Å². The van der Waals surface area contributed by atoms with Gasteiger partial charge >= 0.3 is 0 Å². The summed E-state index contributed by atoms with van der Waals surface area (Å²) in [5, 5.41) is 1.03. The third-order valence-corrected chi connectivity index (χ3v) is 2.44. The monoisotopic (exact) mass is 196 g/mol. The second-order valence-electron chi connectivity index (χ2n) is 3.35. The average molecular weight is 196 g/mol. The van der Waals surface area contributed by atoms with Crippen molar-refractivity contribution < 1.29 is 0 Å². The van der Waals surface area contributed by atoms with Crippen molar-refractivity contribution in [1.29, 1.82) is 0 Å². The number of rotatable bonds is 5. The van der Waals surface area contributed by atoms with Crippen LogP contribution in [-0.4, -0.2) is 11.5 Å². The van der Waals surface area contributed by atoms with Crippen LogP contribution in [0, 0.1) is 5.92 Å². The molecule has 3 heteroatoms. The molecule has 0 atom stereocenters. The van der Waals surface area contributed by atoms with Gasteiger partial charge in [0.15, 0.2) is 0 Å². The lowest BCUT2D eigenvalue weighted by Gasteiger charge is -2.04. The van der Waals surface area contributed by atoms with Crippen molar-refractivity contribution in [2.24, 2.45) is 5.92 Å². The van der Waals surface area contributed by atoms with E-state index in [-0.39, 0.29) is 0 Å². The van der Waals surface area contributed by atoms with E-state index in [1.165, 1.54) is 6.42 Å². The molecule has 0 bridgehead atoms. The first-order chi connectivity index (χ1) is 6.29. The average Bonchev–Trinajstić information content (AvgIpc) is 2.14. The molecular weight excluding hydrogens is 180 g/mol. The van der Waals surface area contributed by atoms with Gasteiger partial charge in [-0.3, -0.25) is 4.72 Å². The van der Waals surface area contributed by atoms with E-state index in [0.717, 1.165) is 17.5 Å². The molecule has 72 valence electrons. The zero-order valence-electron chi connectivity index (χ0n) is 8.16. The third-order valence-electron chi connectivity index (χ3n) is 1.64. The largest absolute Gasteiger partial charge is 0.259 e. The standard InChI is InChI=1S/C10H16N2S/c1-9(2)6-8-12-13-10-5-3-4-7-11-10/h3-5,7,9,12H,6,8H2,1-2H3. The molecule has 0 aliphatic heterocycles. The zero-order valence-corrected chi connectivity index (χ0v) is 8.97. The molecule has 0 radical (unpaired) electrons. The van der Waals surface area contributed by atoms with E-state index in [4.69, 9.17) is 0 Å². The number of hydrogen-bond donors (Lipinski definition) is 1. The van der Waals surface area contributed by atoms with Crippen LogP contribution in [0.25, 0.3) is 0 Å². The van der Waals surface area contributed by atoms with E-state index in [1.807, 2.05) is 24.4 Å². The molecule has 0 aliphatic rings. The van der Waals surface area contributed by atoms with Crippen LogP contribution in [0.4, 0.5) is 0 Å². The molecule has 1 heterocycles. The number of nitrogens with zero attached hydrogens (tertiary/aromatic N) is 1. The van der Waals surface area contributed by atoms with Crippen LogP contribution in [0.2, 0.25) is 0 Å². The first-order valence-corrected chi connectivity index (χ1v) is 5.41. The Balaban J connectivity index is 2.13. The highest BCUT2D eigenvalue weighted by Gasteiger charge is 1.95. The number of aromatic nitrogens is 1. The summed E-state index contributed by atoms with van der Waals surface area (Å²) in [6.45, 7) is 5.50. The van der Waals surface area contributed by atoms with Crippen LogP contribution >= 0.6 is 11.9 Å². The fourth-order valence-corrected chi connectivity index (χ4v) is 1.51. The van der Waals surface area contributed by atoms with Crippen molar-refractivity contribution >= 4 is 11.9 Å². The minimum absolute atomic E-state index is 0.761. The maximum absolute atomic E-state index is 4.20. The fourth-order valence-electron chi connectivity index (χ4n) is 0.880. The molecule has 1 rings (SSSR count). The van der Waals surface area contributed by atoms with Gasteiger partial charge in [-0.25, -0.2) is 4.98 Å². The van der Waals surface area contributed by atoms with Crippen LogP contribution in [0.3, 0.4) is 0 Å². The second kappa shape index (κ2) is 6.00. The van der Waals surface area contributed by atoms with Gasteiger partial charge in [0.05, 0.1) is 0 Å². The Labute approximate surface area is 84.3 Å². The molecule has 0 fully saturated rings. The second-order valence-corrected chi connectivity index (χ2v) is 4.26. The van der Waals surface area contributed by atoms with Crippen LogP contribution in [0.5, 0.6) is 0 Å². The smallest absolute Gasteiger partial charge is 0.111 e. The summed E-state index contributed by atoms with van der Waals surface area (Å²) in [5.74, 6) is 0.761. The van der Waals surface area contributed by atoms with Crippen molar-refractivity contribution in [3.05, 3.63) is 24.4 Å². The predicted molar refractivity (Wildman–Crippen MR) is 57.6 cm³/mol. The highest BCUT2D eigenvalue weighted by Crippen LogP contribution is 2.09. The summed E-state index contributed by atoms with van der Waals surface area (Å²) >= 11 is 1.60. The van der Waals surface area contributed by atoms with Crippen molar-refractivity contribution in [2.45, 2.75) is 25.3 Å². The normalized spacial score (nSPS) is 10.7. The van der Waals surface area contributed by atoms with Crippen LogP contribution in [0.1, 0.15) is 20.3 Å². The maximum atomic E-state index is 4.20. The van der Waals surface area contributed by atoms with E-state index in [9.17, 15) is 0 Å². The number of nitrogens with one attached hydrogen (secondary N) is 1. The topological polar surface area (TPSA) is 24.9 Å².